The van der Waals surface area contributed by atoms with E-state index in [9.17, 15) is 14.4 Å². The summed E-state index contributed by atoms with van der Waals surface area (Å²) in [4.78, 5) is 38.5. The molecule has 0 radical (unpaired) electrons. The predicted octanol–water partition coefficient (Wildman–Crippen LogP) is 2.85. The largest absolute Gasteiger partial charge is 0.495 e. The van der Waals surface area contributed by atoms with Crippen molar-refractivity contribution in [1.29, 1.82) is 0 Å². The highest BCUT2D eigenvalue weighted by atomic mass is 16.5. The number of anilines is 2. The van der Waals surface area contributed by atoms with E-state index in [1.165, 1.54) is 7.11 Å². The summed E-state index contributed by atoms with van der Waals surface area (Å²) in [5.74, 6) is -1.24. The fourth-order valence-corrected chi connectivity index (χ4v) is 3.30. The minimum atomic E-state index is -0.596. The third-order valence-electron chi connectivity index (χ3n) is 4.84. The van der Waals surface area contributed by atoms with E-state index in [0.29, 0.717) is 11.4 Å². The van der Waals surface area contributed by atoms with Crippen LogP contribution in [-0.2, 0) is 19.1 Å². The van der Waals surface area contributed by atoms with Crippen molar-refractivity contribution in [2.45, 2.75) is 20.3 Å². The summed E-state index contributed by atoms with van der Waals surface area (Å²) >= 11 is 0. The zero-order valence-corrected chi connectivity index (χ0v) is 16.7. The number of methoxy groups -OCH3 is 1. The molecule has 1 fully saturated rings. The van der Waals surface area contributed by atoms with Gasteiger partial charge in [-0.25, -0.2) is 0 Å². The van der Waals surface area contributed by atoms with Crippen molar-refractivity contribution in [3.63, 3.8) is 0 Å². The molecule has 3 rings (SSSR count). The van der Waals surface area contributed by atoms with E-state index >= 15 is 0 Å². The number of hydrogen-bond acceptors (Lipinski definition) is 5. The molecule has 1 saturated heterocycles. The van der Waals surface area contributed by atoms with Gasteiger partial charge in [-0.15, -0.1) is 0 Å². The van der Waals surface area contributed by atoms with Gasteiger partial charge in [0.15, 0.2) is 6.61 Å². The Kier molecular flexibility index (Phi) is 6.16. The number of nitrogens with zero attached hydrogens (tertiary/aromatic N) is 1. The molecule has 7 heteroatoms. The lowest BCUT2D eigenvalue weighted by molar-refractivity contribution is -0.151. The molecular weight excluding hydrogens is 372 g/mol. The van der Waals surface area contributed by atoms with E-state index in [4.69, 9.17) is 9.47 Å². The molecule has 2 aromatic carbocycles. The fraction of sp³-hybridized carbons (Fsp3) is 0.318. The second kappa shape index (κ2) is 8.77. The standard InChI is InChI=1S/C22H24N2O5/c1-14-8-9-15(2)18(10-14)24-12-16(11-21(24)26)22(27)29-13-20(25)23-17-6-4-5-7-19(17)28-3/h4-10,16H,11-13H2,1-3H3,(H,23,25)/t16-/m0/s1. The van der Waals surface area contributed by atoms with Crippen molar-refractivity contribution in [3.05, 3.63) is 53.6 Å². The molecule has 0 spiro atoms. The Bertz CT molecular complexity index is 941. The lowest BCUT2D eigenvalue weighted by Crippen LogP contribution is -2.28. The molecule has 1 aliphatic rings. The van der Waals surface area contributed by atoms with Gasteiger partial charge in [0, 0.05) is 18.7 Å². The summed E-state index contributed by atoms with van der Waals surface area (Å²) in [6.07, 6.45) is 0.0698. The van der Waals surface area contributed by atoms with E-state index in [1.807, 2.05) is 32.0 Å². The number of carbonyl (C=O) groups excluding carboxylic acids is 3. The number of para-hydroxylation sites is 2. The van der Waals surface area contributed by atoms with Crippen LogP contribution in [-0.4, -0.2) is 38.0 Å². The molecule has 0 aliphatic carbocycles. The van der Waals surface area contributed by atoms with Gasteiger partial charge in [0.2, 0.25) is 5.91 Å². The number of rotatable bonds is 6. The van der Waals surface area contributed by atoms with Crippen LogP contribution in [0.25, 0.3) is 0 Å². The first-order valence-electron chi connectivity index (χ1n) is 9.36. The van der Waals surface area contributed by atoms with Gasteiger partial charge in [0.1, 0.15) is 5.75 Å². The number of hydrogen-bond donors (Lipinski definition) is 1. The zero-order chi connectivity index (χ0) is 21.0. The quantitative estimate of drug-likeness (QED) is 0.759. The Morgan fingerprint density at radius 3 is 2.69 bits per heavy atom. The van der Waals surface area contributed by atoms with Crippen LogP contribution in [0.4, 0.5) is 11.4 Å². The van der Waals surface area contributed by atoms with Crippen molar-refractivity contribution in [2.24, 2.45) is 5.92 Å². The van der Waals surface area contributed by atoms with Gasteiger partial charge in [-0.2, -0.15) is 0 Å². The fourth-order valence-electron chi connectivity index (χ4n) is 3.30. The highest BCUT2D eigenvalue weighted by Crippen LogP contribution is 2.29. The van der Waals surface area contributed by atoms with Gasteiger partial charge in [-0.05, 0) is 43.2 Å². The number of nitrogens with one attached hydrogen (secondary N) is 1. The maximum atomic E-state index is 12.4. The lowest BCUT2D eigenvalue weighted by atomic mass is 10.1. The summed E-state index contributed by atoms with van der Waals surface area (Å²) in [6, 6.07) is 12.8. The van der Waals surface area contributed by atoms with Crippen LogP contribution in [0.15, 0.2) is 42.5 Å². The summed E-state index contributed by atoms with van der Waals surface area (Å²) in [6.45, 7) is 3.70. The molecule has 0 aromatic heterocycles. The Labute approximate surface area is 169 Å². The minimum Gasteiger partial charge on any atom is -0.495 e. The van der Waals surface area contributed by atoms with Crippen LogP contribution in [0.3, 0.4) is 0 Å². The number of amides is 2. The van der Waals surface area contributed by atoms with Crippen molar-refractivity contribution in [1.82, 2.24) is 0 Å². The van der Waals surface area contributed by atoms with E-state index < -0.39 is 24.4 Å². The van der Waals surface area contributed by atoms with E-state index in [0.717, 1.165) is 16.8 Å². The SMILES string of the molecule is COc1ccccc1NC(=O)COC(=O)[C@H]1CC(=O)N(c2cc(C)ccc2C)C1. The third kappa shape index (κ3) is 4.74. The smallest absolute Gasteiger partial charge is 0.311 e. The molecule has 1 N–H and O–H groups in total. The maximum absolute atomic E-state index is 12.4. The number of esters is 1. The van der Waals surface area contributed by atoms with Gasteiger partial charge in [-0.3, -0.25) is 14.4 Å². The summed E-state index contributed by atoms with van der Waals surface area (Å²) < 4.78 is 10.3. The summed E-state index contributed by atoms with van der Waals surface area (Å²) in [5.41, 5.74) is 3.30. The second-order valence-electron chi connectivity index (χ2n) is 7.05. The van der Waals surface area contributed by atoms with Gasteiger partial charge in [0.25, 0.3) is 5.91 Å². The maximum Gasteiger partial charge on any atom is 0.311 e. The van der Waals surface area contributed by atoms with Crippen molar-refractivity contribution in [3.8, 4) is 5.75 Å². The highest BCUT2D eigenvalue weighted by Gasteiger charge is 2.36. The van der Waals surface area contributed by atoms with E-state index in [1.54, 1.807) is 29.2 Å². The minimum absolute atomic E-state index is 0.0698. The van der Waals surface area contributed by atoms with Crippen molar-refractivity contribution >= 4 is 29.2 Å². The molecule has 0 unspecified atom stereocenters. The lowest BCUT2D eigenvalue weighted by Gasteiger charge is -2.19. The Morgan fingerprint density at radius 2 is 1.93 bits per heavy atom. The molecule has 29 heavy (non-hydrogen) atoms. The number of carbonyl (C=O) groups is 3. The monoisotopic (exact) mass is 396 g/mol. The highest BCUT2D eigenvalue weighted by molar-refractivity contribution is 6.00. The molecule has 1 atom stereocenters. The Morgan fingerprint density at radius 1 is 1.17 bits per heavy atom. The number of ether oxygens (including phenoxy) is 2. The van der Waals surface area contributed by atoms with Crippen LogP contribution in [0, 0.1) is 19.8 Å². The van der Waals surface area contributed by atoms with Crippen molar-refractivity contribution < 1.29 is 23.9 Å². The van der Waals surface area contributed by atoms with Crippen LogP contribution >= 0.6 is 0 Å². The average Bonchev–Trinajstić information content (AvgIpc) is 3.10. The van der Waals surface area contributed by atoms with Gasteiger partial charge >= 0.3 is 5.97 Å². The molecule has 0 bridgehead atoms. The first-order valence-corrected chi connectivity index (χ1v) is 9.36. The number of benzene rings is 2. The first kappa shape index (κ1) is 20.4. The average molecular weight is 396 g/mol. The van der Waals surface area contributed by atoms with E-state index in [-0.39, 0.29) is 18.9 Å². The molecule has 152 valence electrons. The molecule has 2 amide bonds. The Balaban J connectivity index is 1.57. The number of aryl methyl sites for hydroxylation is 2. The van der Waals surface area contributed by atoms with Crippen LogP contribution in [0.2, 0.25) is 0 Å². The molecule has 2 aromatic rings. The van der Waals surface area contributed by atoms with Crippen LogP contribution < -0.4 is 15.0 Å². The van der Waals surface area contributed by atoms with Gasteiger partial charge in [-0.1, -0.05) is 24.3 Å². The van der Waals surface area contributed by atoms with Crippen LogP contribution in [0.5, 0.6) is 5.75 Å². The first-order chi connectivity index (χ1) is 13.9. The molecule has 1 heterocycles. The van der Waals surface area contributed by atoms with Crippen LogP contribution in [0.1, 0.15) is 17.5 Å². The summed E-state index contributed by atoms with van der Waals surface area (Å²) in [5, 5.41) is 2.65. The zero-order valence-electron chi connectivity index (χ0n) is 16.7. The molecule has 1 aliphatic heterocycles. The Hall–Kier alpha value is -3.35. The van der Waals surface area contributed by atoms with E-state index in [2.05, 4.69) is 5.32 Å². The summed E-state index contributed by atoms with van der Waals surface area (Å²) in [7, 11) is 1.50. The topological polar surface area (TPSA) is 84.9 Å². The second-order valence-corrected chi connectivity index (χ2v) is 7.05. The molecular formula is C22H24N2O5. The third-order valence-corrected chi connectivity index (χ3v) is 4.84. The predicted molar refractivity (Wildman–Crippen MR) is 109 cm³/mol. The normalized spacial score (nSPS) is 15.9. The van der Waals surface area contributed by atoms with Crippen molar-refractivity contribution in [2.75, 3.05) is 30.5 Å². The molecule has 0 saturated carbocycles. The van der Waals surface area contributed by atoms with Gasteiger partial charge < -0.3 is 19.7 Å². The van der Waals surface area contributed by atoms with Gasteiger partial charge in [0.05, 0.1) is 18.7 Å². The molecule has 7 nitrogen and oxygen atoms in total.